The van der Waals surface area contributed by atoms with Crippen molar-refractivity contribution >= 4 is 11.3 Å². The molecular formula is C15H24O3S. The molecule has 0 saturated heterocycles. The summed E-state index contributed by atoms with van der Waals surface area (Å²) >= 11 is 1.60. The Morgan fingerprint density at radius 1 is 1.11 bits per heavy atom. The van der Waals surface area contributed by atoms with Crippen molar-refractivity contribution in [1.82, 2.24) is 0 Å². The van der Waals surface area contributed by atoms with Gasteiger partial charge in [0.1, 0.15) is 13.2 Å². The van der Waals surface area contributed by atoms with Crippen LogP contribution in [0.4, 0.5) is 0 Å². The lowest BCUT2D eigenvalue weighted by atomic mass is 10.1. The van der Waals surface area contributed by atoms with Crippen LogP contribution in [0, 0.1) is 0 Å². The van der Waals surface area contributed by atoms with E-state index in [4.69, 9.17) is 14.2 Å². The molecule has 0 bridgehead atoms. The molecule has 0 aromatic carbocycles. The summed E-state index contributed by atoms with van der Waals surface area (Å²) in [5, 5.41) is 2.99. The smallest absolute Gasteiger partial charge is 0.217 e. The van der Waals surface area contributed by atoms with Gasteiger partial charge in [0.2, 0.25) is 5.06 Å². The highest BCUT2D eigenvalue weighted by Crippen LogP contribution is 2.40. The summed E-state index contributed by atoms with van der Waals surface area (Å²) in [5.41, 5.74) is 1.13. The Morgan fingerprint density at radius 3 is 2.79 bits per heavy atom. The summed E-state index contributed by atoms with van der Waals surface area (Å²) in [4.78, 5) is 0. The second-order valence-electron chi connectivity index (χ2n) is 4.89. The van der Waals surface area contributed by atoms with Crippen molar-refractivity contribution in [3.63, 3.8) is 0 Å². The molecule has 3 nitrogen and oxygen atoms in total. The van der Waals surface area contributed by atoms with E-state index in [1.54, 1.807) is 11.3 Å². The third kappa shape index (κ3) is 4.69. The summed E-state index contributed by atoms with van der Waals surface area (Å²) in [6, 6.07) is 0. The van der Waals surface area contributed by atoms with Crippen LogP contribution < -0.4 is 9.47 Å². The molecular weight excluding hydrogens is 260 g/mol. The van der Waals surface area contributed by atoms with E-state index in [0.717, 1.165) is 29.4 Å². The summed E-state index contributed by atoms with van der Waals surface area (Å²) in [6.45, 7) is 5.04. The van der Waals surface area contributed by atoms with Crippen molar-refractivity contribution in [3.8, 4) is 10.8 Å². The van der Waals surface area contributed by atoms with Crippen molar-refractivity contribution in [2.24, 2.45) is 0 Å². The number of fused-ring (bicyclic) bond motifs is 1. The van der Waals surface area contributed by atoms with E-state index in [9.17, 15) is 0 Å². The number of thiophene rings is 1. The standard InChI is InChI=1S/C15H24O3S/c1-2-3-4-5-6-7-8-16-11-13-12-19-15-14(13)17-9-10-18-15/h12H,2-11H2,1H3. The Morgan fingerprint density at radius 2 is 1.89 bits per heavy atom. The van der Waals surface area contributed by atoms with E-state index in [1.807, 2.05) is 0 Å². The van der Waals surface area contributed by atoms with Crippen LogP contribution in [0.25, 0.3) is 0 Å². The summed E-state index contributed by atoms with van der Waals surface area (Å²) in [7, 11) is 0. The molecule has 1 aromatic heterocycles. The monoisotopic (exact) mass is 284 g/mol. The van der Waals surface area contributed by atoms with Crippen LogP contribution >= 0.6 is 11.3 Å². The van der Waals surface area contributed by atoms with Gasteiger partial charge in [-0.25, -0.2) is 0 Å². The summed E-state index contributed by atoms with van der Waals surface area (Å²) in [6.07, 6.45) is 7.80. The van der Waals surface area contributed by atoms with Crippen LogP contribution in [0.3, 0.4) is 0 Å². The molecule has 108 valence electrons. The number of unbranched alkanes of at least 4 members (excludes halogenated alkanes) is 5. The fraction of sp³-hybridized carbons (Fsp3) is 0.733. The zero-order valence-corrected chi connectivity index (χ0v) is 12.6. The quantitative estimate of drug-likeness (QED) is 0.629. The lowest BCUT2D eigenvalue weighted by molar-refractivity contribution is 0.111. The molecule has 2 heterocycles. The summed E-state index contributed by atoms with van der Waals surface area (Å²) in [5.74, 6) is 0.902. The minimum absolute atomic E-state index is 0.643. The van der Waals surface area contributed by atoms with Crippen molar-refractivity contribution in [3.05, 3.63) is 10.9 Å². The second kappa shape index (κ2) is 8.43. The van der Waals surface area contributed by atoms with Crippen LogP contribution in [0.1, 0.15) is 51.0 Å². The largest absolute Gasteiger partial charge is 0.485 e. The maximum Gasteiger partial charge on any atom is 0.217 e. The molecule has 19 heavy (non-hydrogen) atoms. The van der Waals surface area contributed by atoms with Gasteiger partial charge in [-0.05, 0) is 6.42 Å². The van der Waals surface area contributed by atoms with Crippen molar-refractivity contribution < 1.29 is 14.2 Å². The zero-order valence-electron chi connectivity index (χ0n) is 11.8. The molecule has 0 saturated carbocycles. The lowest BCUT2D eigenvalue weighted by Crippen LogP contribution is -2.14. The van der Waals surface area contributed by atoms with Gasteiger partial charge in [0, 0.05) is 17.6 Å². The molecule has 2 rings (SSSR count). The highest BCUT2D eigenvalue weighted by Gasteiger charge is 2.18. The lowest BCUT2D eigenvalue weighted by Gasteiger charge is -2.15. The zero-order chi connectivity index (χ0) is 13.3. The minimum atomic E-state index is 0.643. The highest BCUT2D eigenvalue weighted by molar-refractivity contribution is 7.12. The molecule has 0 spiro atoms. The number of ether oxygens (including phenoxy) is 3. The maximum atomic E-state index is 5.72. The Bertz CT molecular complexity index is 362. The Labute approximate surface area is 119 Å². The molecule has 0 fully saturated rings. The molecule has 4 heteroatoms. The fourth-order valence-electron chi connectivity index (χ4n) is 2.16. The van der Waals surface area contributed by atoms with E-state index in [0.29, 0.717) is 19.8 Å². The van der Waals surface area contributed by atoms with Gasteiger partial charge >= 0.3 is 0 Å². The van der Waals surface area contributed by atoms with Crippen molar-refractivity contribution in [1.29, 1.82) is 0 Å². The predicted molar refractivity (Wildman–Crippen MR) is 78.3 cm³/mol. The van der Waals surface area contributed by atoms with Crippen LogP contribution in [-0.4, -0.2) is 19.8 Å². The molecule has 1 aromatic rings. The topological polar surface area (TPSA) is 27.7 Å². The normalized spacial score (nSPS) is 13.7. The molecule has 0 aliphatic carbocycles. The highest BCUT2D eigenvalue weighted by atomic mass is 32.1. The number of hydrogen-bond donors (Lipinski definition) is 0. The molecule has 1 aliphatic rings. The number of hydrogen-bond acceptors (Lipinski definition) is 4. The third-order valence-corrected chi connectivity index (χ3v) is 4.17. The van der Waals surface area contributed by atoms with Gasteiger partial charge < -0.3 is 14.2 Å². The van der Waals surface area contributed by atoms with E-state index < -0.39 is 0 Å². The average molecular weight is 284 g/mol. The van der Waals surface area contributed by atoms with Crippen molar-refractivity contribution in [2.75, 3.05) is 19.8 Å². The van der Waals surface area contributed by atoms with Gasteiger partial charge in [-0.15, -0.1) is 11.3 Å². The van der Waals surface area contributed by atoms with E-state index in [2.05, 4.69) is 12.3 Å². The molecule has 0 unspecified atom stereocenters. The Kier molecular flexibility index (Phi) is 6.51. The molecule has 1 aliphatic heterocycles. The van der Waals surface area contributed by atoms with Gasteiger partial charge in [-0.3, -0.25) is 0 Å². The minimum Gasteiger partial charge on any atom is -0.485 e. The van der Waals surface area contributed by atoms with Crippen LogP contribution in [-0.2, 0) is 11.3 Å². The van der Waals surface area contributed by atoms with Gasteiger partial charge in [-0.1, -0.05) is 39.0 Å². The first-order valence-corrected chi connectivity index (χ1v) is 8.23. The Hall–Kier alpha value is -0.740. The molecule has 0 amide bonds. The molecule has 0 radical (unpaired) electrons. The fourth-order valence-corrected chi connectivity index (χ4v) is 3.03. The second-order valence-corrected chi connectivity index (χ2v) is 5.74. The van der Waals surface area contributed by atoms with Crippen LogP contribution in [0.2, 0.25) is 0 Å². The van der Waals surface area contributed by atoms with Gasteiger partial charge in [0.05, 0.1) is 6.61 Å². The maximum absolute atomic E-state index is 5.72. The molecule has 0 N–H and O–H groups in total. The first-order valence-electron chi connectivity index (χ1n) is 7.35. The van der Waals surface area contributed by atoms with E-state index >= 15 is 0 Å². The Balaban J connectivity index is 1.57. The third-order valence-electron chi connectivity index (χ3n) is 3.25. The van der Waals surface area contributed by atoms with Gasteiger partial charge in [0.25, 0.3) is 0 Å². The average Bonchev–Trinajstić information content (AvgIpc) is 2.85. The SMILES string of the molecule is CCCCCCCCOCc1csc2c1OCCO2. The van der Waals surface area contributed by atoms with Crippen LogP contribution in [0.5, 0.6) is 10.8 Å². The number of rotatable bonds is 9. The van der Waals surface area contributed by atoms with E-state index in [1.165, 1.54) is 32.1 Å². The first kappa shape index (κ1) is 14.7. The van der Waals surface area contributed by atoms with Crippen LogP contribution in [0.15, 0.2) is 5.38 Å². The summed E-state index contributed by atoms with van der Waals surface area (Å²) < 4.78 is 16.9. The molecule has 0 atom stereocenters. The van der Waals surface area contributed by atoms with E-state index in [-0.39, 0.29) is 0 Å². The first-order chi connectivity index (χ1) is 9.42. The van der Waals surface area contributed by atoms with Gasteiger partial charge in [-0.2, -0.15) is 0 Å². The van der Waals surface area contributed by atoms with Gasteiger partial charge in [0.15, 0.2) is 5.75 Å². The van der Waals surface area contributed by atoms with Crippen molar-refractivity contribution in [2.45, 2.75) is 52.1 Å². The predicted octanol–water partition coefficient (Wildman–Crippen LogP) is 4.40.